The number of hydrogen-bond donors (Lipinski definition) is 0. The number of likely N-dealkylation sites (tertiary alicyclic amines) is 1. The fourth-order valence-electron chi connectivity index (χ4n) is 7.63. The molecule has 5 rings (SSSR count). The van der Waals surface area contributed by atoms with Crippen molar-refractivity contribution in [1.82, 2.24) is 14.7 Å². The van der Waals surface area contributed by atoms with Crippen molar-refractivity contribution in [2.24, 2.45) is 0 Å². The Morgan fingerprint density at radius 1 is 0.812 bits per heavy atom. The van der Waals surface area contributed by atoms with Crippen LogP contribution in [0, 0.1) is 0 Å². The number of ether oxygens (including phenoxy) is 2. The molecule has 2 aromatic carbocycles. The number of hydrogen-bond acceptors (Lipinski definition) is 5. The zero-order valence-electron chi connectivity index (χ0n) is 27.9. The molecule has 1 saturated carbocycles. The first-order chi connectivity index (χ1) is 22.8. The third-order valence-corrected chi connectivity index (χ3v) is 10.3. The summed E-state index contributed by atoms with van der Waals surface area (Å²) in [5.41, 5.74) is -2.65. The second-order valence-electron chi connectivity index (χ2n) is 13.4. The molecule has 6 nitrogen and oxygen atoms in total. The first-order valence-electron chi connectivity index (χ1n) is 17.2. The maximum absolute atomic E-state index is 13.6. The molecule has 1 atom stereocenters. The van der Waals surface area contributed by atoms with E-state index < -0.39 is 41.2 Å². The van der Waals surface area contributed by atoms with Gasteiger partial charge in [-0.2, -0.15) is 26.3 Å². The molecule has 1 amide bonds. The van der Waals surface area contributed by atoms with Crippen LogP contribution in [0.1, 0.15) is 81.0 Å². The third kappa shape index (κ3) is 8.77. The number of piperazine rings is 1. The lowest BCUT2D eigenvalue weighted by atomic mass is 9.76. The van der Waals surface area contributed by atoms with E-state index in [2.05, 4.69) is 9.80 Å². The van der Waals surface area contributed by atoms with Crippen molar-refractivity contribution in [3.63, 3.8) is 0 Å². The Kier molecular flexibility index (Phi) is 11.5. The summed E-state index contributed by atoms with van der Waals surface area (Å²) in [5, 5.41) is 0. The summed E-state index contributed by atoms with van der Waals surface area (Å²) in [6, 6.07) is 7.88. The van der Waals surface area contributed by atoms with E-state index in [1.165, 1.54) is 32.1 Å². The van der Waals surface area contributed by atoms with Crippen molar-refractivity contribution >= 4 is 5.91 Å². The van der Waals surface area contributed by atoms with E-state index in [0.29, 0.717) is 62.4 Å². The number of carbonyl (C=O) groups excluding carboxylic acids is 1. The predicted octanol–water partition coefficient (Wildman–Crippen LogP) is 7.57. The number of benzene rings is 2. The van der Waals surface area contributed by atoms with Gasteiger partial charge in [0.05, 0.1) is 30.8 Å². The van der Waals surface area contributed by atoms with E-state index in [1.54, 1.807) is 4.90 Å². The molecule has 3 fully saturated rings. The topological polar surface area (TPSA) is 45.2 Å². The van der Waals surface area contributed by atoms with Crippen LogP contribution >= 0.6 is 0 Å². The second-order valence-corrected chi connectivity index (χ2v) is 13.4. The zero-order chi connectivity index (χ0) is 34.5. The first-order valence-corrected chi connectivity index (χ1v) is 17.2. The van der Waals surface area contributed by atoms with Crippen LogP contribution in [0.4, 0.5) is 26.3 Å². The smallest absolute Gasteiger partial charge is 0.416 e. The Labute approximate surface area is 279 Å². The Morgan fingerprint density at radius 3 is 2.04 bits per heavy atom. The van der Waals surface area contributed by atoms with Gasteiger partial charge in [0.2, 0.25) is 5.91 Å². The summed E-state index contributed by atoms with van der Waals surface area (Å²) < 4.78 is 92.7. The quantitative estimate of drug-likeness (QED) is 0.229. The summed E-state index contributed by atoms with van der Waals surface area (Å²) in [7, 11) is 0. The van der Waals surface area contributed by atoms with Gasteiger partial charge in [-0.3, -0.25) is 9.69 Å². The second kappa shape index (κ2) is 15.3. The van der Waals surface area contributed by atoms with Crippen LogP contribution in [0.3, 0.4) is 0 Å². The Morgan fingerprint density at radius 2 is 1.44 bits per heavy atom. The van der Waals surface area contributed by atoms with Gasteiger partial charge in [0.15, 0.2) is 11.5 Å². The third-order valence-electron chi connectivity index (χ3n) is 10.3. The van der Waals surface area contributed by atoms with Gasteiger partial charge in [-0.15, -0.1) is 0 Å². The monoisotopic (exact) mass is 683 g/mol. The van der Waals surface area contributed by atoms with Crippen molar-refractivity contribution in [2.45, 2.75) is 89.0 Å². The van der Waals surface area contributed by atoms with Gasteiger partial charge in [0.1, 0.15) is 0 Å². The molecule has 0 aromatic heterocycles. The summed E-state index contributed by atoms with van der Waals surface area (Å²) in [4.78, 5) is 20.2. The molecule has 0 N–H and O–H groups in total. The van der Waals surface area contributed by atoms with Crippen molar-refractivity contribution in [3.8, 4) is 11.5 Å². The lowest BCUT2D eigenvalue weighted by Crippen LogP contribution is -2.51. The molecule has 2 aromatic rings. The molecule has 1 unspecified atom stereocenters. The molecular weight excluding hydrogens is 636 g/mol. The minimum absolute atomic E-state index is 0.0890. The normalized spacial score (nSPS) is 21.9. The molecule has 12 heteroatoms. The van der Waals surface area contributed by atoms with Crippen molar-refractivity contribution in [3.05, 3.63) is 58.7 Å². The molecule has 0 radical (unpaired) electrons. The van der Waals surface area contributed by atoms with Gasteiger partial charge in [0.25, 0.3) is 0 Å². The Balaban J connectivity index is 1.35. The summed E-state index contributed by atoms with van der Waals surface area (Å²) in [6.45, 7) is 10.1. The highest BCUT2D eigenvalue weighted by molar-refractivity contribution is 5.79. The van der Waals surface area contributed by atoms with Gasteiger partial charge >= 0.3 is 12.4 Å². The zero-order valence-corrected chi connectivity index (χ0v) is 27.9. The van der Waals surface area contributed by atoms with Gasteiger partial charge in [-0.25, -0.2) is 0 Å². The molecular formula is C36H47F6N3O3. The standard InChI is InChI=1S/C36H47F6N3O3/c1-3-47-31-11-10-27(24-32(31)48-4-2)34(12-14-43-16-18-44(19-17-43)30-8-6-5-7-9-30)13-15-45(25-34)33(46)22-26-20-28(35(37,38)39)23-29(21-26)36(40,41)42/h10-11,20-21,23-24,30H,3-9,12-19,22,25H2,1-2H3. The average molecular weight is 684 g/mol. The van der Waals surface area contributed by atoms with Crippen LogP contribution in [0.25, 0.3) is 0 Å². The molecule has 2 saturated heterocycles. The number of carbonyl (C=O) groups is 1. The van der Waals surface area contributed by atoms with Gasteiger partial charge in [0, 0.05) is 50.7 Å². The minimum Gasteiger partial charge on any atom is -0.490 e. The van der Waals surface area contributed by atoms with E-state index in [4.69, 9.17) is 9.47 Å². The van der Waals surface area contributed by atoms with Crippen LogP contribution in [0.15, 0.2) is 36.4 Å². The van der Waals surface area contributed by atoms with Crippen molar-refractivity contribution in [2.75, 3.05) is 59.0 Å². The van der Waals surface area contributed by atoms with Gasteiger partial charge < -0.3 is 19.3 Å². The molecule has 1 aliphatic carbocycles. The van der Waals surface area contributed by atoms with Crippen LogP contribution < -0.4 is 9.47 Å². The number of nitrogens with zero attached hydrogens (tertiary/aromatic N) is 3. The summed E-state index contributed by atoms with van der Waals surface area (Å²) in [5.74, 6) is 0.722. The fraction of sp³-hybridized carbons (Fsp3) is 0.639. The van der Waals surface area contributed by atoms with E-state index in [1.807, 2.05) is 32.0 Å². The van der Waals surface area contributed by atoms with Gasteiger partial charge in [-0.1, -0.05) is 25.3 Å². The molecule has 0 spiro atoms. The highest BCUT2D eigenvalue weighted by atomic mass is 19.4. The fourth-order valence-corrected chi connectivity index (χ4v) is 7.63. The van der Waals surface area contributed by atoms with E-state index in [-0.39, 0.29) is 11.6 Å². The van der Waals surface area contributed by atoms with E-state index in [0.717, 1.165) is 44.7 Å². The molecule has 0 bridgehead atoms. The van der Waals surface area contributed by atoms with Crippen LogP contribution in [-0.2, 0) is 29.0 Å². The molecule has 3 aliphatic rings. The SMILES string of the molecule is CCOc1ccc(C2(CCN3CCN(C4CCCCC4)CC3)CCN(C(=O)Cc3cc(C(F)(F)F)cc(C(F)(F)F)c3)C2)cc1OCC. The summed E-state index contributed by atoms with van der Waals surface area (Å²) >= 11 is 0. The molecule has 2 heterocycles. The maximum atomic E-state index is 13.6. The lowest BCUT2D eigenvalue weighted by Gasteiger charge is -2.42. The first kappa shape index (κ1) is 36.3. The lowest BCUT2D eigenvalue weighted by molar-refractivity contribution is -0.143. The maximum Gasteiger partial charge on any atom is 0.416 e. The molecule has 48 heavy (non-hydrogen) atoms. The van der Waals surface area contributed by atoms with Crippen molar-refractivity contribution in [1.29, 1.82) is 0 Å². The highest BCUT2D eigenvalue weighted by Crippen LogP contribution is 2.42. The Bertz CT molecular complexity index is 1350. The largest absolute Gasteiger partial charge is 0.490 e. The Hall–Kier alpha value is -2.99. The minimum atomic E-state index is -4.98. The van der Waals surface area contributed by atoms with E-state index >= 15 is 0 Å². The van der Waals surface area contributed by atoms with Crippen LogP contribution in [0.5, 0.6) is 11.5 Å². The van der Waals surface area contributed by atoms with Crippen molar-refractivity contribution < 1.29 is 40.6 Å². The number of amides is 1. The van der Waals surface area contributed by atoms with Crippen LogP contribution in [-0.4, -0.2) is 85.7 Å². The van der Waals surface area contributed by atoms with E-state index in [9.17, 15) is 31.1 Å². The number of alkyl halides is 6. The van der Waals surface area contributed by atoms with Crippen LogP contribution in [0.2, 0.25) is 0 Å². The van der Waals surface area contributed by atoms with Gasteiger partial charge in [-0.05, 0) is 87.5 Å². The number of halogens is 6. The average Bonchev–Trinajstić information content (AvgIpc) is 3.50. The molecule has 266 valence electrons. The highest BCUT2D eigenvalue weighted by Gasteiger charge is 2.43. The summed E-state index contributed by atoms with van der Waals surface area (Å²) in [6.07, 6.45) is -2.71. The predicted molar refractivity (Wildman–Crippen MR) is 171 cm³/mol. The number of rotatable bonds is 11. The molecule has 2 aliphatic heterocycles.